The summed E-state index contributed by atoms with van der Waals surface area (Å²) in [5.41, 5.74) is 1.29. The lowest BCUT2D eigenvalue weighted by molar-refractivity contribution is -0.145. The Kier molecular flexibility index (Phi) is 6.66. The molecule has 30 heavy (non-hydrogen) atoms. The number of halogens is 2. The van der Waals surface area contributed by atoms with Crippen LogP contribution in [0.3, 0.4) is 0 Å². The number of hydrogen-bond donors (Lipinski definition) is 0. The normalized spacial score (nSPS) is 11.0. The fraction of sp³-hybridized carbons (Fsp3) is 0.273. The van der Waals surface area contributed by atoms with Gasteiger partial charge in [0.1, 0.15) is 23.7 Å². The van der Waals surface area contributed by atoms with Gasteiger partial charge in [-0.15, -0.1) is 0 Å². The lowest BCUT2D eigenvalue weighted by Crippen LogP contribution is -2.14. The van der Waals surface area contributed by atoms with Crippen molar-refractivity contribution in [3.8, 4) is 11.5 Å². The number of fused-ring (bicyclic) bond motifs is 1. The smallest absolute Gasteiger partial charge is 0.387 e. The van der Waals surface area contributed by atoms with Gasteiger partial charge in [0.05, 0.1) is 7.11 Å². The molecule has 0 unspecified atom stereocenters. The van der Waals surface area contributed by atoms with E-state index in [-0.39, 0.29) is 25.2 Å². The standard InChI is InChI=1S/C22H20F2O6/c1-13-16-8-7-15(27-2)11-19(16)29-21(26)17(13)9-10-20(25)28-12-14-5-3-4-6-18(14)30-22(23)24/h3-8,11,22H,9-10,12H2,1-2H3. The van der Waals surface area contributed by atoms with E-state index in [0.717, 1.165) is 5.39 Å². The van der Waals surface area contributed by atoms with Crippen LogP contribution in [0, 0.1) is 6.92 Å². The van der Waals surface area contributed by atoms with Crippen LogP contribution >= 0.6 is 0 Å². The number of carbonyl (C=O) groups is 1. The maximum absolute atomic E-state index is 12.5. The maximum Gasteiger partial charge on any atom is 0.387 e. The molecule has 1 heterocycles. The number of alkyl halides is 2. The Morgan fingerprint density at radius 3 is 2.67 bits per heavy atom. The Labute approximate surface area is 171 Å². The predicted molar refractivity (Wildman–Crippen MR) is 105 cm³/mol. The van der Waals surface area contributed by atoms with Gasteiger partial charge in [0.25, 0.3) is 0 Å². The van der Waals surface area contributed by atoms with E-state index in [4.69, 9.17) is 13.9 Å². The molecule has 0 fully saturated rings. The fourth-order valence-corrected chi connectivity index (χ4v) is 3.08. The molecule has 0 N–H and O–H groups in total. The average molecular weight is 418 g/mol. The number of carbonyl (C=O) groups excluding carboxylic acids is 1. The Morgan fingerprint density at radius 2 is 1.93 bits per heavy atom. The number of rotatable bonds is 8. The molecule has 0 aliphatic heterocycles. The van der Waals surface area contributed by atoms with E-state index in [0.29, 0.717) is 28.0 Å². The van der Waals surface area contributed by atoms with Crippen LogP contribution in [0.1, 0.15) is 23.1 Å². The topological polar surface area (TPSA) is 75.0 Å². The largest absolute Gasteiger partial charge is 0.497 e. The first-order valence-electron chi connectivity index (χ1n) is 9.17. The van der Waals surface area contributed by atoms with E-state index in [9.17, 15) is 18.4 Å². The SMILES string of the molecule is COc1ccc2c(C)c(CCC(=O)OCc3ccccc3OC(F)F)c(=O)oc2c1. The molecule has 0 spiro atoms. The molecule has 0 atom stereocenters. The second-order valence-corrected chi connectivity index (χ2v) is 6.50. The zero-order valence-corrected chi connectivity index (χ0v) is 16.4. The summed E-state index contributed by atoms with van der Waals surface area (Å²) in [7, 11) is 1.52. The van der Waals surface area contributed by atoms with Crippen LogP contribution in [0.15, 0.2) is 51.7 Å². The zero-order valence-electron chi connectivity index (χ0n) is 16.4. The maximum atomic E-state index is 12.5. The van der Waals surface area contributed by atoms with Crippen molar-refractivity contribution in [2.24, 2.45) is 0 Å². The van der Waals surface area contributed by atoms with Crippen molar-refractivity contribution >= 4 is 16.9 Å². The molecular formula is C22H20F2O6. The molecular weight excluding hydrogens is 398 g/mol. The van der Waals surface area contributed by atoms with Crippen LogP contribution in [0.25, 0.3) is 11.0 Å². The summed E-state index contributed by atoms with van der Waals surface area (Å²) in [6.07, 6.45) is 0.0648. The quantitative estimate of drug-likeness (QED) is 0.399. The van der Waals surface area contributed by atoms with E-state index < -0.39 is 18.2 Å². The van der Waals surface area contributed by atoms with Crippen LogP contribution in [-0.2, 0) is 22.6 Å². The summed E-state index contributed by atoms with van der Waals surface area (Å²) < 4.78 is 45.0. The molecule has 0 saturated carbocycles. The second kappa shape index (κ2) is 9.39. The van der Waals surface area contributed by atoms with Gasteiger partial charge in [0.15, 0.2) is 0 Å². The Balaban J connectivity index is 1.67. The summed E-state index contributed by atoms with van der Waals surface area (Å²) in [5.74, 6) is -0.0605. The highest BCUT2D eigenvalue weighted by Crippen LogP contribution is 2.25. The molecule has 0 aliphatic rings. The molecule has 6 nitrogen and oxygen atoms in total. The number of para-hydroxylation sites is 1. The van der Waals surface area contributed by atoms with Crippen molar-refractivity contribution < 1.29 is 32.2 Å². The van der Waals surface area contributed by atoms with Crippen LogP contribution in [0.5, 0.6) is 11.5 Å². The van der Waals surface area contributed by atoms with Gasteiger partial charge < -0.3 is 18.6 Å². The van der Waals surface area contributed by atoms with E-state index in [1.807, 2.05) is 0 Å². The zero-order chi connectivity index (χ0) is 21.7. The third kappa shape index (κ3) is 4.94. The molecule has 2 aromatic carbocycles. The molecule has 0 radical (unpaired) electrons. The number of ether oxygens (including phenoxy) is 3. The number of esters is 1. The van der Waals surface area contributed by atoms with Crippen molar-refractivity contribution in [1.82, 2.24) is 0 Å². The van der Waals surface area contributed by atoms with Crippen molar-refractivity contribution in [3.05, 3.63) is 69.6 Å². The minimum absolute atomic E-state index is 0.0539. The predicted octanol–water partition coefficient (Wildman–Crippen LogP) is 4.39. The number of benzene rings is 2. The van der Waals surface area contributed by atoms with Gasteiger partial charge in [-0.1, -0.05) is 18.2 Å². The van der Waals surface area contributed by atoms with Gasteiger partial charge in [-0.3, -0.25) is 4.79 Å². The van der Waals surface area contributed by atoms with Crippen molar-refractivity contribution in [2.45, 2.75) is 33.0 Å². The monoisotopic (exact) mass is 418 g/mol. The highest BCUT2D eigenvalue weighted by molar-refractivity contribution is 5.82. The van der Waals surface area contributed by atoms with Crippen molar-refractivity contribution in [2.75, 3.05) is 7.11 Å². The molecule has 0 amide bonds. The minimum Gasteiger partial charge on any atom is -0.497 e. The van der Waals surface area contributed by atoms with E-state index in [2.05, 4.69) is 4.74 Å². The molecule has 158 valence electrons. The highest BCUT2D eigenvalue weighted by atomic mass is 19.3. The first-order valence-corrected chi connectivity index (χ1v) is 9.17. The minimum atomic E-state index is -2.98. The summed E-state index contributed by atoms with van der Waals surface area (Å²) in [6, 6.07) is 11.2. The highest BCUT2D eigenvalue weighted by Gasteiger charge is 2.15. The van der Waals surface area contributed by atoms with E-state index >= 15 is 0 Å². The van der Waals surface area contributed by atoms with Gasteiger partial charge in [0, 0.05) is 29.0 Å². The Bertz CT molecular complexity index is 1110. The lowest BCUT2D eigenvalue weighted by atomic mass is 10.0. The first kappa shape index (κ1) is 21.3. The molecule has 0 aliphatic carbocycles. The molecule has 1 aromatic heterocycles. The third-order valence-corrected chi connectivity index (χ3v) is 4.65. The summed E-state index contributed by atoms with van der Waals surface area (Å²) >= 11 is 0. The van der Waals surface area contributed by atoms with Crippen molar-refractivity contribution in [1.29, 1.82) is 0 Å². The summed E-state index contributed by atoms with van der Waals surface area (Å²) in [5, 5.41) is 0.747. The van der Waals surface area contributed by atoms with Crippen LogP contribution in [0.4, 0.5) is 8.78 Å². The molecule has 0 bridgehead atoms. The van der Waals surface area contributed by atoms with Gasteiger partial charge in [-0.05, 0) is 37.1 Å². The van der Waals surface area contributed by atoms with Crippen LogP contribution in [-0.4, -0.2) is 19.7 Å². The number of aryl methyl sites for hydroxylation is 1. The Hall–Kier alpha value is -3.42. The molecule has 3 aromatic rings. The van der Waals surface area contributed by atoms with Gasteiger partial charge in [-0.2, -0.15) is 8.78 Å². The molecule has 0 saturated heterocycles. The van der Waals surface area contributed by atoms with Crippen LogP contribution < -0.4 is 15.1 Å². The molecule has 3 rings (SSSR count). The second-order valence-electron chi connectivity index (χ2n) is 6.50. The fourth-order valence-electron chi connectivity index (χ4n) is 3.08. The van der Waals surface area contributed by atoms with Gasteiger partial charge >= 0.3 is 18.2 Å². The third-order valence-electron chi connectivity index (χ3n) is 4.65. The molecule has 8 heteroatoms. The van der Waals surface area contributed by atoms with Gasteiger partial charge in [0.2, 0.25) is 0 Å². The number of hydrogen-bond acceptors (Lipinski definition) is 6. The van der Waals surface area contributed by atoms with Crippen molar-refractivity contribution in [3.63, 3.8) is 0 Å². The van der Waals surface area contributed by atoms with Crippen LogP contribution in [0.2, 0.25) is 0 Å². The van der Waals surface area contributed by atoms with E-state index in [1.165, 1.54) is 19.2 Å². The van der Waals surface area contributed by atoms with Gasteiger partial charge in [-0.25, -0.2) is 4.79 Å². The Morgan fingerprint density at radius 1 is 1.17 bits per heavy atom. The summed E-state index contributed by atoms with van der Waals surface area (Å²) in [6.45, 7) is -1.41. The average Bonchev–Trinajstić information content (AvgIpc) is 2.72. The summed E-state index contributed by atoms with van der Waals surface area (Å²) in [4.78, 5) is 24.5. The van der Waals surface area contributed by atoms with E-state index in [1.54, 1.807) is 37.3 Å². The number of methoxy groups -OCH3 is 1. The first-order chi connectivity index (χ1) is 14.4. The lowest BCUT2D eigenvalue weighted by Gasteiger charge is -2.11.